The largest absolute Gasteiger partial charge is 0.465 e. The van der Waals surface area contributed by atoms with Crippen molar-refractivity contribution in [3.63, 3.8) is 0 Å². The highest BCUT2D eigenvalue weighted by Gasteiger charge is 2.32. The Labute approximate surface area is 224 Å². The monoisotopic (exact) mass is 508 g/mol. The standard InChI is InChI=1S/C32H60O4/c1-9-11-13-25(3)23-31(5,6)19-21-35-29(33)27-15-17-28(18-16-27)30(34)36-22-20-32(7,8)24-26(4)14-12-10-2/h25-28H,9-24H2,1-8H3. The van der Waals surface area contributed by atoms with Crippen molar-refractivity contribution in [1.29, 1.82) is 0 Å². The fourth-order valence-electron chi connectivity index (χ4n) is 6.06. The van der Waals surface area contributed by atoms with E-state index in [0.29, 0.717) is 25.0 Å². The van der Waals surface area contributed by atoms with Gasteiger partial charge in [-0.3, -0.25) is 9.59 Å². The molecule has 0 heterocycles. The van der Waals surface area contributed by atoms with Crippen LogP contribution in [0, 0.1) is 34.5 Å². The minimum atomic E-state index is -0.0735. The lowest BCUT2D eigenvalue weighted by atomic mass is 9.79. The Morgan fingerprint density at radius 2 is 1.03 bits per heavy atom. The van der Waals surface area contributed by atoms with Gasteiger partial charge in [0.2, 0.25) is 0 Å². The second kappa shape index (κ2) is 16.7. The van der Waals surface area contributed by atoms with E-state index >= 15 is 0 Å². The average molecular weight is 509 g/mol. The smallest absolute Gasteiger partial charge is 0.308 e. The lowest BCUT2D eigenvalue weighted by Crippen LogP contribution is -2.29. The van der Waals surface area contributed by atoms with Crippen molar-refractivity contribution in [2.75, 3.05) is 13.2 Å². The summed E-state index contributed by atoms with van der Waals surface area (Å²) in [5, 5.41) is 0. The van der Waals surface area contributed by atoms with Gasteiger partial charge in [0.05, 0.1) is 25.0 Å². The van der Waals surface area contributed by atoms with E-state index in [1.54, 1.807) is 0 Å². The van der Waals surface area contributed by atoms with E-state index in [9.17, 15) is 9.59 Å². The first kappa shape index (κ1) is 33.0. The Balaban J connectivity index is 2.28. The van der Waals surface area contributed by atoms with Crippen LogP contribution in [0.2, 0.25) is 0 Å². The molecule has 0 aromatic rings. The van der Waals surface area contributed by atoms with E-state index in [-0.39, 0.29) is 34.6 Å². The molecule has 2 unspecified atom stereocenters. The number of esters is 2. The summed E-state index contributed by atoms with van der Waals surface area (Å²) in [7, 11) is 0. The Bertz CT molecular complexity index is 562. The summed E-state index contributed by atoms with van der Waals surface area (Å²) in [6.07, 6.45) is 14.7. The number of rotatable bonds is 18. The quantitative estimate of drug-likeness (QED) is 0.173. The van der Waals surface area contributed by atoms with Crippen molar-refractivity contribution in [2.45, 2.75) is 145 Å². The van der Waals surface area contributed by atoms with Gasteiger partial charge in [-0.15, -0.1) is 0 Å². The van der Waals surface area contributed by atoms with Crippen molar-refractivity contribution in [2.24, 2.45) is 34.5 Å². The molecule has 0 amide bonds. The number of hydrogen-bond donors (Lipinski definition) is 0. The lowest BCUT2D eigenvalue weighted by Gasteiger charge is -2.30. The number of unbranched alkanes of at least 4 members (excludes halogenated alkanes) is 2. The molecule has 0 bridgehead atoms. The fourth-order valence-corrected chi connectivity index (χ4v) is 6.06. The molecule has 1 rings (SSSR count). The molecule has 0 aromatic heterocycles. The summed E-state index contributed by atoms with van der Waals surface area (Å²) in [6, 6.07) is 0. The van der Waals surface area contributed by atoms with Crippen molar-refractivity contribution in [3.8, 4) is 0 Å². The molecule has 4 heteroatoms. The summed E-state index contributed by atoms with van der Waals surface area (Å²) in [5.41, 5.74) is 0.383. The van der Waals surface area contributed by atoms with E-state index in [0.717, 1.165) is 38.5 Å². The van der Waals surface area contributed by atoms with E-state index in [4.69, 9.17) is 9.47 Å². The second-order valence-electron chi connectivity index (χ2n) is 13.6. The Morgan fingerprint density at radius 1 is 0.694 bits per heavy atom. The van der Waals surface area contributed by atoms with Crippen LogP contribution in [-0.4, -0.2) is 25.2 Å². The molecule has 0 spiro atoms. The van der Waals surface area contributed by atoms with Crippen LogP contribution in [0.25, 0.3) is 0 Å². The molecule has 1 aliphatic carbocycles. The first-order valence-electron chi connectivity index (χ1n) is 15.2. The average Bonchev–Trinajstić information content (AvgIpc) is 2.80. The zero-order valence-electron chi connectivity index (χ0n) is 25.3. The molecular formula is C32H60O4. The Hall–Kier alpha value is -1.06. The third-order valence-corrected chi connectivity index (χ3v) is 8.34. The zero-order chi connectivity index (χ0) is 27.2. The minimum Gasteiger partial charge on any atom is -0.465 e. The van der Waals surface area contributed by atoms with Gasteiger partial charge in [0, 0.05) is 0 Å². The second-order valence-corrected chi connectivity index (χ2v) is 13.6. The molecule has 0 N–H and O–H groups in total. The molecule has 1 saturated carbocycles. The first-order valence-corrected chi connectivity index (χ1v) is 15.2. The fraction of sp³-hybridized carbons (Fsp3) is 0.938. The minimum absolute atomic E-state index is 0.0656. The van der Waals surface area contributed by atoms with Gasteiger partial charge in [0.15, 0.2) is 0 Å². The van der Waals surface area contributed by atoms with Gasteiger partial charge in [0.1, 0.15) is 0 Å². The first-order chi connectivity index (χ1) is 16.9. The van der Waals surface area contributed by atoms with Crippen LogP contribution in [-0.2, 0) is 19.1 Å². The molecule has 0 aromatic carbocycles. The number of carbonyl (C=O) groups is 2. The van der Waals surface area contributed by atoms with Crippen LogP contribution < -0.4 is 0 Å². The Morgan fingerprint density at radius 3 is 1.33 bits per heavy atom. The van der Waals surface area contributed by atoms with Crippen molar-refractivity contribution >= 4 is 11.9 Å². The summed E-state index contributed by atoms with van der Waals surface area (Å²) < 4.78 is 11.4. The van der Waals surface area contributed by atoms with Crippen molar-refractivity contribution in [3.05, 3.63) is 0 Å². The highest BCUT2D eigenvalue weighted by atomic mass is 16.5. The lowest BCUT2D eigenvalue weighted by molar-refractivity contribution is -0.156. The SMILES string of the molecule is CCCCC(C)CC(C)(C)CCOC(=O)C1CCC(C(=O)OCCC(C)(C)CC(C)CCCC)CC1. The number of hydrogen-bond acceptors (Lipinski definition) is 4. The van der Waals surface area contributed by atoms with Gasteiger partial charge in [0.25, 0.3) is 0 Å². The Kier molecular flexibility index (Phi) is 15.3. The van der Waals surface area contributed by atoms with E-state index < -0.39 is 0 Å². The van der Waals surface area contributed by atoms with Crippen LogP contribution >= 0.6 is 0 Å². The molecule has 212 valence electrons. The normalized spacial score (nSPS) is 20.6. The maximum absolute atomic E-state index is 12.6. The highest BCUT2D eigenvalue weighted by molar-refractivity contribution is 5.75. The number of carbonyl (C=O) groups excluding carboxylic acids is 2. The predicted molar refractivity (Wildman–Crippen MR) is 151 cm³/mol. The van der Waals surface area contributed by atoms with E-state index in [2.05, 4.69) is 55.4 Å². The molecular weight excluding hydrogens is 448 g/mol. The van der Waals surface area contributed by atoms with Gasteiger partial charge in [-0.05, 0) is 74.0 Å². The van der Waals surface area contributed by atoms with Crippen LogP contribution in [0.15, 0.2) is 0 Å². The van der Waals surface area contributed by atoms with Crippen molar-refractivity contribution in [1.82, 2.24) is 0 Å². The molecule has 1 aliphatic rings. The van der Waals surface area contributed by atoms with E-state index in [1.165, 1.54) is 51.4 Å². The summed E-state index contributed by atoms with van der Waals surface area (Å²) in [6.45, 7) is 19.3. The van der Waals surface area contributed by atoms with Crippen LogP contribution in [0.1, 0.15) is 145 Å². The predicted octanol–water partition coefficient (Wildman–Crippen LogP) is 9.14. The summed E-state index contributed by atoms with van der Waals surface area (Å²) >= 11 is 0. The molecule has 2 atom stereocenters. The van der Waals surface area contributed by atoms with Crippen LogP contribution in [0.4, 0.5) is 0 Å². The third-order valence-electron chi connectivity index (χ3n) is 8.34. The maximum atomic E-state index is 12.6. The van der Waals surface area contributed by atoms with Crippen LogP contribution in [0.3, 0.4) is 0 Å². The maximum Gasteiger partial charge on any atom is 0.308 e. The summed E-state index contributed by atoms with van der Waals surface area (Å²) in [5.74, 6) is 1.15. The zero-order valence-corrected chi connectivity index (χ0v) is 25.3. The topological polar surface area (TPSA) is 52.6 Å². The molecule has 1 fully saturated rings. The van der Waals surface area contributed by atoms with Crippen molar-refractivity contribution < 1.29 is 19.1 Å². The molecule has 4 nitrogen and oxygen atoms in total. The number of ether oxygens (including phenoxy) is 2. The molecule has 0 aliphatic heterocycles. The highest BCUT2D eigenvalue weighted by Crippen LogP contribution is 2.34. The van der Waals surface area contributed by atoms with Gasteiger partial charge < -0.3 is 9.47 Å². The van der Waals surface area contributed by atoms with Gasteiger partial charge >= 0.3 is 11.9 Å². The van der Waals surface area contributed by atoms with E-state index in [1.807, 2.05) is 0 Å². The van der Waals surface area contributed by atoms with Crippen LogP contribution in [0.5, 0.6) is 0 Å². The van der Waals surface area contributed by atoms with Gasteiger partial charge in [-0.1, -0.05) is 93.9 Å². The van der Waals surface area contributed by atoms with Gasteiger partial charge in [-0.2, -0.15) is 0 Å². The molecule has 0 saturated heterocycles. The molecule has 0 radical (unpaired) electrons. The third kappa shape index (κ3) is 14.0. The molecule has 36 heavy (non-hydrogen) atoms. The van der Waals surface area contributed by atoms with Gasteiger partial charge in [-0.25, -0.2) is 0 Å². The summed E-state index contributed by atoms with van der Waals surface area (Å²) in [4.78, 5) is 25.2.